The molecule has 0 aromatic heterocycles. The van der Waals surface area contributed by atoms with Gasteiger partial charge in [0.15, 0.2) is 18.1 Å². The monoisotopic (exact) mass is 485 g/mol. The molecule has 0 radical (unpaired) electrons. The number of morpholine rings is 1. The third-order valence-corrected chi connectivity index (χ3v) is 6.12. The van der Waals surface area contributed by atoms with Gasteiger partial charge in [-0.2, -0.15) is 0 Å². The Bertz CT molecular complexity index is 1040. The molecule has 1 N–H and O–H groups in total. The Labute approximate surface area is 204 Å². The van der Waals surface area contributed by atoms with E-state index in [-0.39, 0.29) is 12.5 Å². The Hall–Kier alpha value is -3.33. The summed E-state index contributed by atoms with van der Waals surface area (Å²) in [6.45, 7) is 6.01. The first-order valence-corrected chi connectivity index (χ1v) is 12.2. The van der Waals surface area contributed by atoms with Crippen LogP contribution in [0.1, 0.15) is 36.5 Å². The summed E-state index contributed by atoms with van der Waals surface area (Å²) in [5.41, 5.74) is 1.18. The smallest absolute Gasteiger partial charge is 0.260 e. The van der Waals surface area contributed by atoms with Gasteiger partial charge in [-0.25, -0.2) is 4.39 Å². The van der Waals surface area contributed by atoms with Gasteiger partial charge in [0, 0.05) is 37.4 Å². The Morgan fingerprint density at radius 1 is 0.971 bits per heavy atom. The number of ether oxygens (including phenoxy) is 3. The van der Waals surface area contributed by atoms with Crippen LogP contribution in [0.25, 0.3) is 0 Å². The predicted molar refractivity (Wildman–Crippen MR) is 131 cm³/mol. The van der Waals surface area contributed by atoms with Gasteiger partial charge in [0.2, 0.25) is 0 Å². The fourth-order valence-electron chi connectivity index (χ4n) is 4.26. The van der Waals surface area contributed by atoms with Gasteiger partial charge >= 0.3 is 0 Å². The average Bonchev–Trinajstić information content (AvgIpc) is 2.89. The van der Waals surface area contributed by atoms with Crippen LogP contribution >= 0.6 is 0 Å². The Kier molecular flexibility index (Phi) is 8.41. The number of hydrogen-bond acceptors (Lipinski definition) is 6. The van der Waals surface area contributed by atoms with E-state index in [0.29, 0.717) is 61.3 Å². The number of nitrogens with one attached hydrogen (secondary N) is 1. The number of halogens is 1. The van der Waals surface area contributed by atoms with E-state index in [1.165, 1.54) is 6.07 Å². The van der Waals surface area contributed by atoms with E-state index in [2.05, 4.69) is 5.32 Å². The van der Waals surface area contributed by atoms with Crippen molar-refractivity contribution < 1.29 is 28.2 Å². The summed E-state index contributed by atoms with van der Waals surface area (Å²) >= 11 is 0. The molecule has 0 spiro atoms. The highest BCUT2D eigenvalue weighted by Crippen LogP contribution is 2.30. The highest BCUT2D eigenvalue weighted by Gasteiger charge is 2.19. The molecule has 0 aliphatic carbocycles. The molecule has 2 amide bonds. The topological polar surface area (TPSA) is 80.3 Å². The minimum absolute atomic E-state index is 0.0588. The third kappa shape index (κ3) is 6.42. The zero-order valence-corrected chi connectivity index (χ0v) is 20.1. The lowest BCUT2D eigenvalue weighted by atomic mass is 10.1. The molecule has 9 heteroatoms. The third-order valence-electron chi connectivity index (χ3n) is 6.12. The highest BCUT2D eigenvalue weighted by atomic mass is 19.1. The zero-order valence-electron chi connectivity index (χ0n) is 20.1. The van der Waals surface area contributed by atoms with Crippen molar-refractivity contribution in [3.05, 3.63) is 47.8 Å². The largest absolute Gasteiger partial charge is 0.490 e. The van der Waals surface area contributed by atoms with Crippen molar-refractivity contribution in [1.29, 1.82) is 0 Å². The number of amides is 2. The molecule has 2 aromatic rings. The summed E-state index contributed by atoms with van der Waals surface area (Å²) in [5, 5.41) is 2.73. The van der Waals surface area contributed by atoms with Crippen LogP contribution in [-0.4, -0.2) is 69.3 Å². The number of nitrogens with zero attached hydrogens (tertiary/aromatic N) is 2. The zero-order chi connectivity index (χ0) is 24.6. The summed E-state index contributed by atoms with van der Waals surface area (Å²) in [6.07, 6.45) is 3.17. The van der Waals surface area contributed by atoms with Crippen LogP contribution in [0.4, 0.5) is 15.8 Å². The summed E-state index contributed by atoms with van der Waals surface area (Å²) in [7, 11) is 0. The molecule has 4 rings (SSSR count). The molecule has 8 nitrogen and oxygen atoms in total. The van der Waals surface area contributed by atoms with Crippen molar-refractivity contribution in [3.8, 4) is 11.5 Å². The molecule has 0 saturated carbocycles. The van der Waals surface area contributed by atoms with E-state index in [4.69, 9.17) is 14.2 Å². The molecule has 0 atom stereocenters. The fourth-order valence-corrected chi connectivity index (χ4v) is 4.26. The van der Waals surface area contributed by atoms with Crippen molar-refractivity contribution in [2.75, 3.05) is 62.8 Å². The van der Waals surface area contributed by atoms with E-state index in [9.17, 15) is 14.0 Å². The maximum Gasteiger partial charge on any atom is 0.260 e. The van der Waals surface area contributed by atoms with Crippen molar-refractivity contribution >= 4 is 23.2 Å². The number of likely N-dealkylation sites (tertiary alicyclic amines) is 1. The van der Waals surface area contributed by atoms with E-state index < -0.39 is 11.7 Å². The quantitative estimate of drug-likeness (QED) is 0.614. The Morgan fingerprint density at radius 3 is 2.46 bits per heavy atom. The molecule has 188 valence electrons. The average molecular weight is 486 g/mol. The number of carbonyl (C=O) groups excluding carboxylic acids is 2. The number of piperidine rings is 1. The second kappa shape index (κ2) is 11.9. The van der Waals surface area contributed by atoms with Crippen LogP contribution in [0.5, 0.6) is 11.5 Å². The van der Waals surface area contributed by atoms with E-state index in [1.54, 1.807) is 30.3 Å². The molecule has 2 heterocycles. The number of hydrogen-bond donors (Lipinski definition) is 1. The lowest BCUT2D eigenvalue weighted by molar-refractivity contribution is -0.134. The van der Waals surface area contributed by atoms with Crippen LogP contribution in [0.2, 0.25) is 0 Å². The number of rotatable bonds is 8. The second-order valence-electron chi connectivity index (χ2n) is 8.54. The SMILES string of the molecule is CCOc1cc(C(=O)Nc2ccc(N3CCOCC3)c(F)c2)ccc1OCC(=O)N1CCCCC1. The summed E-state index contributed by atoms with van der Waals surface area (Å²) in [6, 6.07) is 9.44. The molecule has 2 aromatic carbocycles. The van der Waals surface area contributed by atoms with Crippen LogP contribution in [0.15, 0.2) is 36.4 Å². The number of carbonyl (C=O) groups is 2. The van der Waals surface area contributed by atoms with Gasteiger partial charge < -0.3 is 29.3 Å². The van der Waals surface area contributed by atoms with Crippen LogP contribution < -0.4 is 19.7 Å². The molecule has 2 saturated heterocycles. The van der Waals surface area contributed by atoms with Gasteiger partial charge in [0.25, 0.3) is 11.8 Å². The van der Waals surface area contributed by atoms with Gasteiger partial charge in [-0.1, -0.05) is 0 Å². The summed E-state index contributed by atoms with van der Waals surface area (Å²) < 4.78 is 31.4. The lowest BCUT2D eigenvalue weighted by Crippen LogP contribution is -2.38. The first kappa shape index (κ1) is 24.8. The van der Waals surface area contributed by atoms with Crippen LogP contribution in [0, 0.1) is 5.82 Å². The standard InChI is InChI=1S/C26H32FN3O5/c1-2-34-24-16-19(6-9-23(24)35-18-25(31)30-10-4-3-5-11-30)26(32)28-20-7-8-22(21(27)17-20)29-12-14-33-15-13-29/h6-9,16-17H,2-5,10-15,18H2,1H3,(H,28,32). The molecule has 0 bridgehead atoms. The van der Waals surface area contributed by atoms with Gasteiger partial charge in [-0.15, -0.1) is 0 Å². The van der Waals surface area contributed by atoms with Crippen molar-refractivity contribution in [3.63, 3.8) is 0 Å². The van der Waals surface area contributed by atoms with Gasteiger partial charge in [-0.05, 0) is 62.6 Å². The van der Waals surface area contributed by atoms with Crippen molar-refractivity contribution in [2.45, 2.75) is 26.2 Å². The van der Waals surface area contributed by atoms with E-state index >= 15 is 0 Å². The Morgan fingerprint density at radius 2 is 1.74 bits per heavy atom. The molecular weight excluding hydrogens is 453 g/mol. The normalized spacial score (nSPS) is 16.1. The summed E-state index contributed by atoms with van der Waals surface area (Å²) in [4.78, 5) is 29.0. The number of anilines is 2. The van der Waals surface area contributed by atoms with E-state index in [0.717, 1.165) is 32.4 Å². The second-order valence-corrected chi connectivity index (χ2v) is 8.54. The molecule has 2 fully saturated rings. The van der Waals surface area contributed by atoms with Crippen molar-refractivity contribution in [2.24, 2.45) is 0 Å². The van der Waals surface area contributed by atoms with Gasteiger partial charge in [0.1, 0.15) is 5.82 Å². The number of benzene rings is 2. The molecule has 35 heavy (non-hydrogen) atoms. The van der Waals surface area contributed by atoms with Crippen LogP contribution in [-0.2, 0) is 9.53 Å². The van der Waals surface area contributed by atoms with Crippen molar-refractivity contribution in [1.82, 2.24) is 4.90 Å². The Balaban J connectivity index is 1.40. The molecule has 0 unspecified atom stereocenters. The first-order valence-electron chi connectivity index (χ1n) is 12.2. The maximum absolute atomic E-state index is 14.7. The predicted octanol–water partition coefficient (Wildman–Crippen LogP) is 3.70. The van der Waals surface area contributed by atoms with Crippen LogP contribution in [0.3, 0.4) is 0 Å². The maximum atomic E-state index is 14.7. The van der Waals surface area contributed by atoms with Gasteiger partial charge in [-0.3, -0.25) is 9.59 Å². The van der Waals surface area contributed by atoms with E-state index in [1.807, 2.05) is 16.7 Å². The fraction of sp³-hybridized carbons (Fsp3) is 0.462. The lowest BCUT2D eigenvalue weighted by Gasteiger charge is -2.29. The minimum atomic E-state index is -0.402. The molecule has 2 aliphatic rings. The first-order chi connectivity index (χ1) is 17.0. The molecule has 2 aliphatic heterocycles. The molecular formula is C26H32FN3O5. The highest BCUT2D eigenvalue weighted by molar-refractivity contribution is 6.04. The minimum Gasteiger partial charge on any atom is -0.490 e. The van der Waals surface area contributed by atoms with Gasteiger partial charge in [0.05, 0.1) is 25.5 Å². The summed E-state index contributed by atoms with van der Waals surface area (Å²) in [5.74, 6) is -0.0890.